The van der Waals surface area contributed by atoms with E-state index in [2.05, 4.69) is 39.9 Å². The number of hydrogen-bond acceptors (Lipinski definition) is 5. The van der Waals surface area contributed by atoms with E-state index in [4.69, 9.17) is 4.98 Å². The van der Waals surface area contributed by atoms with Crippen LogP contribution in [-0.2, 0) is 6.54 Å². The molecule has 0 bridgehead atoms. The Morgan fingerprint density at radius 2 is 2.00 bits per heavy atom. The van der Waals surface area contributed by atoms with Crippen molar-refractivity contribution < 1.29 is 4.79 Å². The van der Waals surface area contributed by atoms with Crippen LogP contribution in [0.3, 0.4) is 0 Å². The van der Waals surface area contributed by atoms with Crippen LogP contribution >= 0.6 is 11.3 Å². The fraction of sp³-hybridized carbons (Fsp3) is 0.250. The number of pyridine rings is 1. The average Bonchev–Trinajstić information content (AvgIpc) is 3.52. The van der Waals surface area contributed by atoms with E-state index in [-0.39, 0.29) is 11.9 Å². The smallest absolute Gasteiger partial charge is 0.252 e. The molecule has 4 heterocycles. The molecule has 162 valence electrons. The molecule has 5 rings (SSSR count). The summed E-state index contributed by atoms with van der Waals surface area (Å²) >= 11 is 1.61. The minimum atomic E-state index is -0.124. The van der Waals surface area contributed by atoms with Crippen molar-refractivity contribution in [2.75, 3.05) is 6.54 Å². The molecule has 32 heavy (non-hydrogen) atoms. The Morgan fingerprint density at radius 1 is 1.16 bits per heavy atom. The molecule has 4 aromatic heterocycles. The molecule has 0 saturated heterocycles. The number of para-hydroxylation sites is 2. The van der Waals surface area contributed by atoms with Gasteiger partial charge in [-0.15, -0.1) is 11.3 Å². The molecule has 0 aliphatic carbocycles. The summed E-state index contributed by atoms with van der Waals surface area (Å²) in [6, 6.07) is 14.1. The molecule has 7 nitrogen and oxygen atoms in total. The van der Waals surface area contributed by atoms with Gasteiger partial charge in [0.1, 0.15) is 5.82 Å². The largest absolute Gasteiger partial charge is 0.350 e. The summed E-state index contributed by atoms with van der Waals surface area (Å²) in [7, 11) is 0. The van der Waals surface area contributed by atoms with E-state index >= 15 is 0 Å². The second kappa shape index (κ2) is 8.20. The van der Waals surface area contributed by atoms with Crippen molar-refractivity contribution in [3.05, 3.63) is 65.4 Å². The lowest BCUT2D eigenvalue weighted by Gasteiger charge is -2.11. The van der Waals surface area contributed by atoms with Crippen LogP contribution in [0.2, 0.25) is 0 Å². The molecule has 0 saturated carbocycles. The molecule has 8 heteroatoms. The number of hydrogen-bond donors (Lipinski definition) is 1. The van der Waals surface area contributed by atoms with Crippen LogP contribution < -0.4 is 5.32 Å². The third-order valence-electron chi connectivity index (χ3n) is 5.54. The zero-order valence-corrected chi connectivity index (χ0v) is 19.1. The summed E-state index contributed by atoms with van der Waals surface area (Å²) in [4.78, 5) is 23.7. The summed E-state index contributed by atoms with van der Waals surface area (Å²) in [5.41, 5.74) is 4.15. The number of benzene rings is 1. The number of nitrogens with one attached hydrogen (secondary N) is 1. The highest BCUT2D eigenvalue weighted by molar-refractivity contribution is 7.13. The number of aromatic nitrogens is 5. The lowest BCUT2D eigenvalue weighted by atomic mass is 10.1. The topological polar surface area (TPSA) is 77.6 Å². The molecule has 0 fully saturated rings. The van der Waals surface area contributed by atoms with E-state index in [1.807, 2.05) is 53.4 Å². The number of aryl methyl sites for hydroxylation is 1. The van der Waals surface area contributed by atoms with Crippen molar-refractivity contribution in [1.29, 1.82) is 0 Å². The van der Waals surface area contributed by atoms with Gasteiger partial charge in [0.2, 0.25) is 0 Å². The van der Waals surface area contributed by atoms with Gasteiger partial charge in [-0.3, -0.25) is 4.79 Å². The van der Waals surface area contributed by atoms with Crippen molar-refractivity contribution in [2.45, 2.75) is 33.4 Å². The third kappa shape index (κ3) is 3.56. The molecule has 0 aliphatic rings. The lowest BCUT2D eigenvalue weighted by molar-refractivity contribution is 0.0954. The van der Waals surface area contributed by atoms with Crippen molar-refractivity contribution in [2.24, 2.45) is 0 Å². The Kier molecular flexibility index (Phi) is 5.22. The number of rotatable bonds is 6. The first-order valence-electron chi connectivity index (χ1n) is 10.6. The molecular weight excluding hydrogens is 420 g/mol. The zero-order chi connectivity index (χ0) is 22.2. The maximum Gasteiger partial charge on any atom is 0.252 e. The first-order chi connectivity index (χ1) is 15.5. The minimum Gasteiger partial charge on any atom is -0.350 e. The van der Waals surface area contributed by atoms with Gasteiger partial charge in [-0.05, 0) is 50.4 Å². The number of imidazole rings is 1. The Hall–Kier alpha value is -3.52. The summed E-state index contributed by atoms with van der Waals surface area (Å²) in [5.74, 6) is 0.811. The average molecular weight is 445 g/mol. The van der Waals surface area contributed by atoms with E-state index in [9.17, 15) is 4.79 Å². The summed E-state index contributed by atoms with van der Waals surface area (Å²) in [6.45, 7) is 7.25. The SMILES string of the molecule is Cc1nc2ccccc2n1CCNC(=O)c1cc(-c2cccs2)nc2c1cnn2C(C)C. The van der Waals surface area contributed by atoms with Gasteiger partial charge in [-0.2, -0.15) is 5.10 Å². The highest BCUT2D eigenvalue weighted by atomic mass is 32.1. The van der Waals surface area contributed by atoms with E-state index in [0.717, 1.165) is 38.5 Å². The number of carbonyl (C=O) groups is 1. The fourth-order valence-electron chi connectivity index (χ4n) is 3.99. The quantitative estimate of drug-likeness (QED) is 0.407. The number of carbonyl (C=O) groups excluding carboxylic acids is 1. The van der Waals surface area contributed by atoms with Crippen LogP contribution in [0, 0.1) is 6.92 Å². The predicted octanol–water partition coefficient (Wildman–Crippen LogP) is 4.83. The fourth-order valence-corrected chi connectivity index (χ4v) is 4.68. The van der Waals surface area contributed by atoms with E-state index in [0.29, 0.717) is 18.7 Å². The standard InChI is InChI=1S/C24H24N6OS/c1-15(2)30-23-18(14-26-30)17(13-20(28-23)22-9-6-12-32-22)24(31)25-10-11-29-16(3)27-19-7-4-5-8-21(19)29/h4-9,12-15H,10-11H2,1-3H3,(H,25,31). The molecule has 1 amide bonds. The molecule has 0 unspecified atom stereocenters. The first-order valence-corrected chi connectivity index (χ1v) is 11.5. The molecule has 1 N–H and O–H groups in total. The summed E-state index contributed by atoms with van der Waals surface area (Å²) < 4.78 is 4.00. The van der Waals surface area contributed by atoms with Gasteiger partial charge in [-0.25, -0.2) is 14.6 Å². The second-order valence-electron chi connectivity index (χ2n) is 8.01. The Balaban J connectivity index is 1.44. The van der Waals surface area contributed by atoms with Crippen molar-refractivity contribution in [3.8, 4) is 10.6 Å². The van der Waals surface area contributed by atoms with Crippen molar-refractivity contribution in [3.63, 3.8) is 0 Å². The van der Waals surface area contributed by atoms with Crippen LogP contribution in [0.1, 0.15) is 36.1 Å². The normalized spacial score (nSPS) is 11.6. The van der Waals surface area contributed by atoms with Gasteiger partial charge in [0.15, 0.2) is 5.65 Å². The highest BCUT2D eigenvalue weighted by Gasteiger charge is 2.19. The number of thiophene rings is 1. The number of amides is 1. The molecule has 0 radical (unpaired) electrons. The maximum absolute atomic E-state index is 13.2. The Labute approximate surface area is 189 Å². The third-order valence-corrected chi connectivity index (χ3v) is 6.43. The van der Waals surface area contributed by atoms with Gasteiger partial charge in [0, 0.05) is 19.1 Å². The van der Waals surface area contributed by atoms with Gasteiger partial charge in [0.05, 0.1) is 38.8 Å². The van der Waals surface area contributed by atoms with Crippen LogP contribution in [0.4, 0.5) is 0 Å². The summed E-state index contributed by atoms with van der Waals surface area (Å²) in [5, 5.41) is 10.4. The van der Waals surface area contributed by atoms with Crippen LogP contribution in [0.15, 0.2) is 54.0 Å². The van der Waals surface area contributed by atoms with Crippen molar-refractivity contribution in [1.82, 2.24) is 29.6 Å². The van der Waals surface area contributed by atoms with Gasteiger partial charge < -0.3 is 9.88 Å². The second-order valence-corrected chi connectivity index (χ2v) is 8.96. The molecule has 0 spiro atoms. The molecule has 5 aromatic rings. The zero-order valence-electron chi connectivity index (χ0n) is 18.2. The number of nitrogens with zero attached hydrogens (tertiary/aromatic N) is 5. The van der Waals surface area contributed by atoms with Gasteiger partial charge >= 0.3 is 0 Å². The van der Waals surface area contributed by atoms with E-state index < -0.39 is 0 Å². The van der Waals surface area contributed by atoms with Crippen LogP contribution in [0.5, 0.6) is 0 Å². The highest BCUT2D eigenvalue weighted by Crippen LogP contribution is 2.29. The predicted molar refractivity (Wildman–Crippen MR) is 128 cm³/mol. The molecular formula is C24H24N6OS. The van der Waals surface area contributed by atoms with Crippen molar-refractivity contribution >= 4 is 39.3 Å². The first kappa shape index (κ1) is 20.4. The van der Waals surface area contributed by atoms with Crippen LogP contribution in [-0.4, -0.2) is 36.8 Å². The summed E-state index contributed by atoms with van der Waals surface area (Å²) in [6.07, 6.45) is 1.74. The Morgan fingerprint density at radius 3 is 2.78 bits per heavy atom. The van der Waals surface area contributed by atoms with E-state index in [1.165, 1.54) is 0 Å². The molecule has 1 aromatic carbocycles. The number of fused-ring (bicyclic) bond motifs is 2. The molecule has 0 atom stereocenters. The van der Waals surface area contributed by atoms with Crippen LogP contribution in [0.25, 0.3) is 32.6 Å². The monoisotopic (exact) mass is 444 g/mol. The Bertz CT molecular complexity index is 1410. The molecule has 0 aliphatic heterocycles. The van der Waals surface area contributed by atoms with E-state index in [1.54, 1.807) is 17.5 Å². The maximum atomic E-state index is 13.2. The van der Waals surface area contributed by atoms with Gasteiger partial charge in [0.25, 0.3) is 5.91 Å². The lowest BCUT2D eigenvalue weighted by Crippen LogP contribution is -2.27. The minimum absolute atomic E-state index is 0.124. The van der Waals surface area contributed by atoms with Gasteiger partial charge in [-0.1, -0.05) is 18.2 Å².